The third kappa shape index (κ3) is 1.50. The van der Waals surface area contributed by atoms with E-state index >= 15 is 0 Å². The van der Waals surface area contributed by atoms with Gasteiger partial charge >= 0.3 is 5.69 Å². The number of fused-ring (bicyclic) bond motifs is 1. The number of allylic oxidation sites excluding steroid dienone is 1. The van der Waals surface area contributed by atoms with E-state index in [4.69, 9.17) is 12.2 Å². The van der Waals surface area contributed by atoms with Gasteiger partial charge in [0.25, 0.3) is 5.56 Å². The number of hydrogen-bond acceptors (Lipinski definition) is 3. The van der Waals surface area contributed by atoms with E-state index in [-0.39, 0.29) is 11.2 Å². The molecule has 0 spiro atoms. The zero-order valence-corrected chi connectivity index (χ0v) is 10.4. The van der Waals surface area contributed by atoms with E-state index in [0.717, 1.165) is 4.57 Å². The molecule has 0 radical (unpaired) electrons. The van der Waals surface area contributed by atoms with Gasteiger partial charge in [-0.2, -0.15) is 0 Å². The summed E-state index contributed by atoms with van der Waals surface area (Å²) in [4.78, 5) is 26.6. The summed E-state index contributed by atoms with van der Waals surface area (Å²) >= 11 is 5.12. The van der Waals surface area contributed by atoms with Crippen LogP contribution in [0.25, 0.3) is 11.2 Å². The van der Waals surface area contributed by atoms with Gasteiger partial charge < -0.3 is 9.55 Å². The normalized spacial score (nSPS) is 10.9. The molecule has 0 saturated carbocycles. The maximum Gasteiger partial charge on any atom is 0.332 e. The molecule has 7 heteroatoms. The molecule has 0 aliphatic rings. The van der Waals surface area contributed by atoms with E-state index in [1.54, 1.807) is 17.7 Å². The van der Waals surface area contributed by atoms with Gasteiger partial charge in [0.1, 0.15) is 5.65 Å². The summed E-state index contributed by atoms with van der Waals surface area (Å²) in [5, 5.41) is 0. The van der Waals surface area contributed by atoms with Crippen LogP contribution in [-0.2, 0) is 20.6 Å². The molecule has 0 aliphatic carbocycles. The lowest BCUT2D eigenvalue weighted by Crippen LogP contribution is -2.37. The van der Waals surface area contributed by atoms with Crippen molar-refractivity contribution in [1.29, 1.82) is 0 Å². The van der Waals surface area contributed by atoms with Crippen LogP contribution in [-0.4, -0.2) is 18.7 Å². The minimum Gasteiger partial charge on any atom is -0.316 e. The molecule has 0 aliphatic heterocycles. The van der Waals surface area contributed by atoms with Crippen LogP contribution in [0, 0.1) is 4.77 Å². The maximum absolute atomic E-state index is 12.0. The number of H-pyrrole nitrogens is 1. The van der Waals surface area contributed by atoms with E-state index < -0.39 is 0 Å². The van der Waals surface area contributed by atoms with Gasteiger partial charge in [0.15, 0.2) is 10.3 Å². The Morgan fingerprint density at radius 3 is 2.59 bits per heavy atom. The Kier molecular flexibility index (Phi) is 2.62. The Labute approximate surface area is 101 Å². The van der Waals surface area contributed by atoms with Crippen molar-refractivity contribution < 1.29 is 0 Å². The zero-order valence-electron chi connectivity index (χ0n) is 9.56. The second-order valence-corrected chi connectivity index (χ2v) is 4.12. The summed E-state index contributed by atoms with van der Waals surface area (Å²) in [5.74, 6) is 0. The van der Waals surface area contributed by atoms with Crippen LogP contribution in [0.4, 0.5) is 0 Å². The van der Waals surface area contributed by atoms with E-state index in [0.29, 0.717) is 22.5 Å². The Hall–Kier alpha value is -1.89. The summed E-state index contributed by atoms with van der Waals surface area (Å²) in [6, 6.07) is 0. The molecule has 0 saturated heterocycles. The van der Waals surface area contributed by atoms with Crippen molar-refractivity contribution in [3.63, 3.8) is 0 Å². The Bertz CT molecular complexity index is 774. The van der Waals surface area contributed by atoms with Gasteiger partial charge in [-0.15, -0.1) is 6.58 Å². The molecule has 2 aromatic heterocycles. The lowest BCUT2D eigenvalue weighted by atomic mass is 10.5. The molecule has 0 fully saturated rings. The van der Waals surface area contributed by atoms with Crippen molar-refractivity contribution in [2.24, 2.45) is 14.1 Å². The molecule has 2 heterocycles. The summed E-state index contributed by atoms with van der Waals surface area (Å²) in [7, 11) is 3.03. The average molecular weight is 252 g/mol. The predicted molar refractivity (Wildman–Crippen MR) is 67.8 cm³/mol. The van der Waals surface area contributed by atoms with Crippen LogP contribution in [0.2, 0.25) is 0 Å². The summed E-state index contributed by atoms with van der Waals surface area (Å²) in [6.45, 7) is 4.04. The number of aryl methyl sites for hydroxylation is 1. The first-order chi connectivity index (χ1) is 7.99. The van der Waals surface area contributed by atoms with Gasteiger partial charge in [-0.25, -0.2) is 4.79 Å². The quantitative estimate of drug-likeness (QED) is 0.617. The van der Waals surface area contributed by atoms with Gasteiger partial charge in [-0.05, 0) is 12.2 Å². The zero-order chi connectivity index (χ0) is 12.7. The van der Waals surface area contributed by atoms with Crippen molar-refractivity contribution >= 4 is 23.4 Å². The van der Waals surface area contributed by atoms with Gasteiger partial charge in [-0.3, -0.25) is 13.9 Å². The number of nitrogens with one attached hydrogen (secondary N) is 1. The van der Waals surface area contributed by atoms with Crippen LogP contribution in [0.1, 0.15) is 0 Å². The maximum atomic E-state index is 12.0. The minimum absolute atomic E-state index is 0.364. The Morgan fingerprint density at radius 1 is 1.35 bits per heavy atom. The Balaban J connectivity index is 3.13. The molecule has 17 heavy (non-hydrogen) atoms. The summed E-state index contributed by atoms with van der Waals surface area (Å²) < 4.78 is 4.45. The first-order valence-corrected chi connectivity index (χ1v) is 5.39. The van der Waals surface area contributed by atoms with Crippen LogP contribution in [0.3, 0.4) is 0 Å². The first-order valence-electron chi connectivity index (χ1n) is 4.98. The third-order valence-electron chi connectivity index (χ3n) is 2.69. The van der Waals surface area contributed by atoms with Crippen LogP contribution in [0.5, 0.6) is 0 Å². The van der Waals surface area contributed by atoms with E-state index in [9.17, 15) is 9.59 Å². The molecule has 1 N–H and O–H groups in total. The molecular weight excluding hydrogens is 240 g/mol. The van der Waals surface area contributed by atoms with E-state index in [1.165, 1.54) is 11.6 Å². The van der Waals surface area contributed by atoms with Gasteiger partial charge in [-0.1, -0.05) is 6.08 Å². The SMILES string of the molecule is C=CCn1c(=S)[nH]c2c1c(=O)n(C)c(=O)n2C. The van der Waals surface area contributed by atoms with Crippen molar-refractivity contribution in [2.75, 3.05) is 0 Å². The number of rotatable bonds is 2. The minimum atomic E-state index is -0.385. The van der Waals surface area contributed by atoms with Gasteiger partial charge in [0, 0.05) is 20.6 Å². The smallest absolute Gasteiger partial charge is 0.316 e. The Morgan fingerprint density at radius 2 is 2.00 bits per heavy atom. The number of hydrogen-bond donors (Lipinski definition) is 1. The molecule has 2 aromatic rings. The molecule has 90 valence electrons. The predicted octanol–water partition coefficient (Wildman–Crippen LogP) is 0.282. The van der Waals surface area contributed by atoms with E-state index in [2.05, 4.69) is 11.6 Å². The highest BCUT2D eigenvalue weighted by molar-refractivity contribution is 7.71. The molecule has 0 amide bonds. The standard InChI is InChI=1S/C10H12N4O2S/c1-4-5-14-6-7(11-9(14)17)12(2)10(16)13(3)8(6)15/h4H,1,5H2,2-3H3,(H,11,17). The van der Waals surface area contributed by atoms with Crippen molar-refractivity contribution in [2.45, 2.75) is 6.54 Å². The molecule has 0 bridgehead atoms. The van der Waals surface area contributed by atoms with Crippen LogP contribution >= 0.6 is 12.2 Å². The topological polar surface area (TPSA) is 64.7 Å². The van der Waals surface area contributed by atoms with Crippen LogP contribution < -0.4 is 11.2 Å². The summed E-state index contributed by atoms with van der Waals surface area (Å²) in [6.07, 6.45) is 1.65. The molecule has 6 nitrogen and oxygen atoms in total. The third-order valence-corrected chi connectivity index (χ3v) is 3.02. The largest absolute Gasteiger partial charge is 0.332 e. The highest BCUT2D eigenvalue weighted by Crippen LogP contribution is 2.07. The fourth-order valence-corrected chi connectivity index (χ4v) is 2.05. The summed E-state index contributed by atoms with van der Waals surface area (Å²) in [5.41, 5.74) is 0.0752. The lowest BCUT2D eigenvalue weighted by molar-refractivity contribution is 0.703. The second-order valence-electron chi connectivity index (χ2n) is 3.73. The molecule has 2 rings (SSSR count). The molecule has 0 atom stereocenters. The monoisotopic (exact) mass is 252 g/mol. The van der Waals surface area contributed by atoms with Gasteiger partial charge in [0.2, 0.25) is 0 Å². The second kappa shape index (κ2) is 3.85. The number of aromatic amines is 1. The highest BCUT2D eigenvalue weighted by Gasteiger charge is 2.13. The molecule has 0 aromatic carbocycles. The highest BCUT2D eigenvalue weighted by atomic mass is 32.1. The molecular formula is C10H12N4O2S. The van der Waals surface area contributed by atoms with Crippen molar-refractivity contribution in [1.82, 2.24) is 18.7 Å². The number of imidazole rings is 1. The van der Waals surface area contributed by atoms with Gasteiger partial charge in [0.05, 0.1) is 0 Å². The fourth-order valence-electron chi connectivity index (χ4n) is 1.79. The average Bonchev–Trinajstić information content (AvgIpc) is 2.62. The number of aromatic nitrogens is 4. The van der Waals surface area contributed by atoms with Crippen molar-refractivity contribution in [3.8, 4) is 0 Å². The fraction of sp³-hybridized carbons (Fsp3) is 0.300. The van der Waals surface area contributed by atoms with Crippen molar-refractivity contribution in [3.05, 3.63) is 38.3 Å². The first kappa shape index (κ1) is 11.6. The lowest BCUT2D eigenvalue weighted by Gasteiger charge is -2.04. The van der Waals surface area contributed by atoms with Crippen LogP contribution in [0.15, 0.2) is 22.2 Å². The van der Waals surface area contributed by atoms with E-state index in [1.807, 2.05) is 0 Å². The number of nitrogens with zero attached hydrogens (tertiary/aromatic N) is 3. The molecule has 0 unspecified atom stereocenters.